The first-order valence-electron chi connectivity index (χ1n) is 8.54. The maximum atomic E-state index is 12.3. The molecular formula is C21H22N2O2S2. The molecule has 0 saturated carbocycles. The number of sulfonamides is 1. The lowest BCUT2D eigenvalue weighted by atomic mass is 10.2. The Labute approximate surface area is 165 Å². The van der Waals surface area contributed by atoms with Crippen LogP contribution in [0.1, 0.15) is 5.56 Å². The zero-order valence-electron chi connectivity index (χ0n) is 15.3. The maximum absolute atomic E-state index is 12.3. The smallest absolute Gasteiger partial charge is 0.242 e. The fraction of sp³-hybridized carbons (Fsp3) is 0.143. The lowest BCUT2D eigenvalue weighted by Gasteiger charge is -2.14. The highest BCUT2D eigenvalue weighted by Gasteiger charge is 2.17. The second-order valence-electron chi connectivity index (χ2n) is 6.20. The van der Waals surface area contributed by atoms with Crippen molar-refractivity contribution in [1.29, 1.82) is 0 Å². The summed E-state index contributed by atoms with van der Waals surface area (Å²) in [6.45, 7) is 0.545. The molecule has 0 aliphatic rings. The number of hydrogen-bond donors (Lipinski definition) is 1. The van der Waals surface area contributed by atoms with Crippen LogP contribution >= 0.6 is 11.8 Å². The molecule has 27 heavy (non-hydrogen) atoms. The van der Waals surface area contributed by atoms with Crippen molar-refractivity contribution < 1.29 is 8.42 Å². The Morgan fingerprint density at radius 2 is 1.59 bits per heavy atom. The highest BCUT2D eigenvalue weighted by Crippen LogP contribution is 2.33. The second kappa shape index (κ2) is 8.61. The number of anilines is 1. The van der Waals surface area contributed by atoms with E-state index in [9.17, 15) is 8.42 Å². The minimum absolute atomic E-state index is 0.304. The van der Waals surface area contributed by atoms with Gasteiger partial charge in [0.1, 0.15) is 0 Å². The number of rotatable bonds is 7. The monoisotopic (exact) mass is 398 g/mol. The number of benzene rings is 3. The molecule has 0 aliphatic carbocycles. The summed E-state index contributed by atoms with van der Waals surface area (Å²) in [5.41, 5.74) is 1.93. The summed E-state index contributed by atoms with van der Waals surface area (Å²) in [5.74, 6) is 0. The van der Waals surface area contributed by atoms with Gasteiger partial charge in [0.2, 0.25) is 10.0 Å². The quantitative estimate of drug-likeness (QED) is 0.627. The molecule has 3 aromatic rings. The highest BCUT2D eigenvalue weighted by molar-refractivity contribution is 7.99. The van der Waals surface area contributed by atoms with Crippen LogP contribution in [-0.4, -0.2) is 26.8 Å². The van der Waals surface area contributed by atoms with Gasteiger partial charge in [-0.2, -0.15) is 0 Å². The van der Waals surface area contributed by atoms with E-state index >= 15 is 0 Å². The zero-order chi connectivity index (χ0) is 19.3. The first kappa shape index (κ1) is 19.5. The average molecular weight is 399 g/mol. The first-order chi connectivity index (χ1) is 13.0. The Balaban J connectivity index is 1.76. The van der Waals surface area contributed by atoms with Gasteiger partial charge in [-0.3, -0.25) is 0 Å². The molecule has 6 heteroatoms. The van der Waals surface area contributed by atoms with Crippen LogP contribution in [0, 0.1) is 0 Å². The molecule has 0 fully saturated rings. The van der Waals surface area contributed by atoms with Gasteiger partial charge in [-0.1, -0.05) is 54.2 Å². The summed E-state index contributed by atoms with van der Waals surface area (Å²) in [6.07, 6.45) is 0. The van der Waals surface area contributed by atoms with Crippen LogP contribution in [0.15, 0.2) is 93.5 Å². The van der Waals surface area contributed by atoms with E-state index in [4.69, 9.17) is 0 Å². The van der Waals surface area contributed by atoms with Gasteiger partial charge in [-0.25, -0.2) is 12.7 Å². The molecule has 0 spiro atoms. The molecule has 0 radical (unpaired) electrons. The lowest BCUT2D eigenvalue weighted by Crippen LogP contribution is -2.22. The molecule has 0 bridgehead atoms. The van der Waals surface area contributed by atoms with Gasteiger partial charge < -0.3 is 5.32 Å². The zero-order valence-corrected chi connectivity index (χ0v) is 16.9. The summed E-state index contributed by atoms with van der Waals surface area (Å²) in [4.78, 5) is 2.60. The topological polar surface area (TPSA) is 49.4 Å². The van der Waals surface area contributed by atoms with Crippen LogP contribution in [0.5, 0.6) is 0 Å². The SMILES string of the molecule is CN(C)S(=O)(=O)c1cccc(CNc2ccccc2Sc2ccccc2)c1. The van der Waals surface area contributed by atoms with E-state index in [1.54, 1.807) is 30.0 Å². The first-order valence-corrected chi connectivity index (χ1v) is 10.8. The normalized spacial score (nSPS) is 11.5. The van der Waals surface area contributed by atoms with Crippen LogP contribution < -0.4 is 5.32 Å². The Morgan fingerprint density at radius 3 is 2.33 bits per heavy atom. The minimum atomic E-state index is -3.43. The van der Waals surface area contributed by atoms with Crippen LogP contribution in [0.3, 0.4) is 0 Å². The summed E-state index contributed by atoms with van der Waals surface area (Å²) in [7, 11) is -0.352. The second-order valence-corrected chi connectivity index (χ2v) is 9.47. The van der Waals surface area contributed by atoms with Crippen molar-refractivity contribution in [2.75, 3.05) is 19.4 Å². The molecule has 1 N–H and O–H groups in total. The van der Waals surface area contributed by atoms with E-state index in [0.717, 1.165) is 16.1 Å². The Bertz CT molecular complexity index is 1000. The van der Waals surface area contributed by atoms with Gasteiger partial charge in [0, 0.05) is 36.1 Å². The van der Waals surface area contributed by atoms with Crippen LogP contribution in [0.25, 0.3) is 0 Å². The molecule has 3 aromatic carbocycles. The van der Waals surface area contributed by atoms with Crippen molar-refractivity contribution in [3.05, 3.63) is 84.4 Å². The van der Waals surface area contributed by atoms with Gasteiger partial charge in [0.05, 0.1) is 4.90 Å². The number of nitrogens with one attached hydrogen (secondary N) is 1. The molecule has 0 aliphatic heterocycles. The number of hydrogen-bond acceptors (Lipinski definition) is 4. The predicted octanol–water partition coefficient (Wildman–Crippen LogP) is 4.70. The largest absolute Gasteiger partial charge is 0.380 e. The third-order valence-corrected chi connectivity index (χ3v) is 6.91. The van der Waals surface area contributed by atoms with Gasteiger partial charge in [-0.15, -0.1) is 0 Å². The van der Waals surface area contributed by atoms with Crippen molar-refractivity contribution >= 4 is 27.5 Å². The molecule has 0 saturated heterocycles. The fourth-order valence-electron chi connectivity index (χ4n) is 2.54. The molecule has 0 unspecified atom stereocenters. The third kappa shape index (κ3) is 4.91. The van der Waals surface area contributed by atoms with E-state index in [1.807, 2.05) is 42.5 Å². The number of para-hydroxylation sites is 1. The molecule has 0 heterocycles. The van der Waals surface area contributed by atoms with E-state index in [-0.39, 0.29) is 0 Å². The third-order valence-electron chi connectivity index (χ3n) is 4.02. The van der Waals surface area contributed by atoms with Gasteiger partial charge >= 0.3 is 0 Å². The van der Waals surface area contributed by atoms with E-state index in [0.29, 0.717) is 11.4 Å². The van der Waals surface area contributed by atoms with Crippen molar-refractivity contribution in [2.45, 2.75) is 21.2 Å². The average Bonchev–Trinajstić information content (AvgIpc) is 2.68. The summed E-state index contributed by atoms with van der Waals surface area (Å²) >= 11 is 1.70. The molecule has 0 aromatic heterocycles. The summed E-state index contributed by atoms with van der Waals surface area (Å²) in [6, 6.07) is 25.4. The minimum Gasteiger partial charge on any atom is -0.380 e. The fourth-order valence-corrected chi connectivity index (χ4v) is 4.46. The molecule has 140 valence electrons. The highest BCUT2D eigenvalue weighted by atomic mass is 32.2. The van der Waals surface area contributed by atoms with Crippen molar-refractivity contribution in [3.63, 3.8) is 0 Å². The predicted molar refractivity (Wildman–Crippen MR) is 112 cm³/mol. The van der Waals surface area contributed by atoms with E-state index < -0.39 is 10.0 Å². The van der Waals surface area contributed by atoms with Gasteiger partial charge in [0.25, 0.3) is 0 Å². The maximum Gasteiger partial charge on any atom is 0.242 e. The molecule has 3 rings (SSSR count). The van der Waals surface area contributed by atoms with E-state index in [2.05, 4.69) is 23.5 Å². The Hall–Kier alpha value is -2.28. The molecule has 0 atom stereocenters. The summed E-state index contributed by atoms with van der Waals surface area (Å²) in [5, 5.41) is 3.43. The van der Waals surface area contributed by atoms with E-state index in [1.165, 1.54) is 23.3 Å². The standard InChI is InChI=1S/C21H22N2O2S2/c1-23(2)27(24,25)19-12-8-9-17(15-19)16-22-20-13-6-7-14-21(20)26-18-10-4-3-5-11-18/h3-15,22H,16H2,1-2H3. The van der Waals surface area contributed by atoms with Crippen LogP contribution in [-0.2, 0) is 16.6 Å². The Morgan fingerprint density at radius 1 is 0.889 bits per heavy atom. The van der Waals surface area contributed by atoms with Crippen LogP contribution in [0.2, 0.25) is 0 Å². The molecule has 0 amide bonds. The number of nitrogens with zero attached hydrogens (tertiary/aromatic N) is 1. The van der Waals surface area contributed by atoms with Gasteiger partial charge in [0.15, 0.2) is 0 Å². The van der Waals surface area contributed by atoms with Gasteiger partial charge in [-0.05, 0) is 42.0 Å². The molecule has 4 nitrogen and oxygen atoms in total. The van der Waals surface area contributed by atoms with Crippen LogP contribution in [0.4, 0.5) is 5.69 Å². The lowest BCUT2D eigenvalue weighted by molar-refractivity contribution is 0.520. The van der Waals surface area contributed by atoms with Crippen molar-refractivity contribution in [1.82, 2.24) is 4.31 Å². The molecular weight excluding hydrogens is 376 g/mol. The summed E-state index contributed by atoms with van der Waals surface area (Å²) < 4.78 is 25.9. The van der Waals surface area contributed by atoms with Crippen molar-refractivity contribution in [3.8, 4) is 0 Å². The van der Waals surface area contributed by atoms with Crippen molar-refractivity contribution in [2.24, 2.45) is 0 Å². The Kier molecular flexibility index (Phi) is 6.21.